The molecule has 0 unspecified atom stereocenters. The molecular weight excluding hydrogens is 493 g/mol. The van der Waals surface area contributed by atoms with Crippen molar-refractivity contribution in [2.75, 3.05) is 60.0 Å². The van der Waals surface area contributed by atoms with E-state index in [0.29, 0.717) is 32.2 Å². The molecule has 4 rings (SSSR count). The van der Waals surface area contributed by atoms with Crippen LogP contribution in [0.2, 0.25) is 0 Å². The molecule has 12 heteroatoms. The number of nitrogens with zero attached hydrogens (tertiary/aromatic N) is 3. The molecule has 0 aliphatic carbocycles. The van der Waals surface area contributed by atoms with Gasteiger partial charge < -0.3 is 25.0 Å². The summed E-state index contributed by atoms with van der Waals surface area (Å²) in [6, 6.07) is 10.2. The number of nitrogens with one attached hydrogen (secondary N) is 1. The van der Waals surface area contributed by atoms with Crippen molar-refractivity contribution in [2.24, 2.45) is 11.8 Å². The van der Waals surface area contributed by atoms with Crippen LogP contribution in [0.25, 0.3) is 0 Å². The number of amides is 3. The minimum Gasteiger partial charge on any atom is -0.475 e. The quantitative estimate of drug-likeness (QED) is 0.586. The number of carbonyl (C=O) groups is 3. The fourth-order valence-corrected chi connectivity index (χ4v) is 5.67. The maximum absolute atomic E-state index is 12.9. The highest BCUT2D eigenvalue weighted by atomic mass is 19.4. The number of likely N-dealkylation sites (tertiary alicyclic amines) is 3. The van der Waals surface area contributed by atoms with Crippen molar-refractivity contribution in [3.05, 3.63) is 35.9 Å². The number of hydrogen-bond donors (Lipinski definition) is 2. The summed E-state index contributed by atoms with van der Waals surface area (Å²) < 4.78 is 37.0. The molecule has 3 amide bonds. The highest BCUT2D eigenvalue weighted by molar-refractivity contribution is 5.84. The van der Waals surface area contributed by atoms with E-state index in [1.165, 1.54) is 5.56 Å². The average molecular weight is 529 g/mol. The Balaban J connectivity index is 0.000000479. The van der Waals surface area contributed by atoms with E-state index in [1.54, 1.807) is 7.11 Å². The molecule has 9 nitrogen and oxygen atoms in total. The number of aliphatic carboxylic acids is 1. The fourth-order valence-electron chi connectivity index (χ4n) is 5.67. The number of piperidine rings is 1. The van der Waals surface area contributed by atoms with Crippen LogP contribution < -0.4 is 5.32 Å². The van der Waals surface area contributed by atoms with E-state index in [2.05, 4.69) is 22.3 Å². The number of urea groups is 1. The van der Waals surface area contributed by atoms with Gasteiger partial charge in [0.2, 0.25) is 5.91 Å². The Morgan fingerprint density at radius 3 is 2.35 bits per heavy atom. The van der Waals surface area contributed by atoms with Crippen LogP contribution in [-0.2, 0) is 20.7 Å². The highest BCUT2D eigenvalue weighted by Crippen LogP contribution is 2.48. The summed E-state index contributed by atoms with van der Waals surface area (Å²) in [4.78, 5) is 40.8. The summed E-state index contributed by atoms with van der Waals surface area (Å²) in [6.07, 6.45) is -2.52. The molecule has 0 aromatic heterocycles. The molecular formula is C25H35F3N4O5. The van der Waals surface area contributed by atoms with Crippen molar-refractivity contribution in [1.82, 2.24) is 20.0 Å². The molecule has 3 aliphatic heterocycles. The van der Waals surface area contributed by atoms with Crippen molar-refractivity contribution in [1.29, 1.82) is 0 Å². The lowest BCUT2D eigenvalue weighted by atomic mass is 9.75. The normalized spacial score (nSPS) is 23.0. The van der Waals surface area contributed by atoms with Crippen LogP contribution in [0.4, 0.5) is 18.0 Å². The van der Waals surface area contributed by atoms with E-state index in [0.717, 1.165) is 38.9 Å². The van der Waals surface area contributed by atoms with Crippen molar-refractivity contribution in [3.63, 3.8) is 0 Å². The number of ether oxygens (including phenoxy) is 1. The molecule has 0 radical (unpaired) electrons. The van der Waals surface area contributed by atoms with Gasteiger partial charge >= 0.3 is 18.2 Å². The number of fused-ring (bicyclic) bond motifs is 2. The number of methoxy groups -OCH3 is 1. The highest BCUT2D eigenvalue weighted by Gasteiger charge is 2.60. The standard InChI is InChI=1S/C23H34N4O3.C2HF3O2/c1-25-21(28)19-16-26(14-15-30-2)17-20(19)23(25)9-12-27(13-10-23)22(29)24-11-8-18-6-4-3-5-7-18;3-2(4,5)1(6)7/h3-7,19-20H,8-17H2,1-2H3,(H,24,29);(H,6,7)/t19-,20+;/m0./s1. The largest absolute Gasteiger partial charge is 0.490 e. The van der Waals surface area contributed by atoms with Crippen LogP contribution in [-0.4, -0.2) is 109 Å². The molecule has 1 aromatic carbocycles. The monoisotopic (exact) mass is 528 g/mol. The Labute approximate surface area is 214 Å². The molecule has 3 aliphatic rings. The summed E-state index contributed by atoms with van der Waals surface area (Å²) in [7, 11) is 3.69. The third-order valence-corrected chi connectivity index (χ3v) is 7.70. The van der Waals surface area contributed by atoms with Gasteiger partial charge in [0.25, 0.3) is 0 Å². The zero-order chi connectivity index (χ0) is 27.2. The van der Waals surface area contributed by atoms with Crippen molar-refractivity contribution >= 4 is 17.9 Å². The number of benzene rings is 1. The predicted octanol–water partition coefficient (Wildman–Crippen LogP) is 2.07. The minimum atomic E-state index is -5.08. The van der Waals surface area contributed by atoms with Crippen molar-refractivity contribution < 1.29 is 37.4 Å². The number of halogens is 3. The summed E-state index contributed by atoms with van der Waals surface area (Å²) in [5, 5.41) is 10.2. The summed E-state index contributed by atoms with van der Waals surface area (Å²) in [5.74, 6) is -2.03. The molecule has 3 saturated heterocycles. The average Bonchev–Trinajstić information content (AvgIpc) is 3.38. The minimum absolute atomic E-state index is 0.0115. The van der Waals surface area contributed by atoms with Crippen molar-refractivity contribution in [2.45, 2.75) is 31.0 Å². The molecule has 1 aromatic rings. The lowest BCUT2D eigenvalue weighted by Crippen LogP contribution is -2.57. The molecule has 3 heterocycles. The number of carbonyl (C=O) groups excluding carboxylic acids is 2. The van der Waals surface area contributed by atoms with Gasteiger partial charge in [0.15, 0.2) is 0 Å². The third-order valence-electron chi connectivity index (χ3n) is 7.70. The van der Waals surface area contributed by atoms with E-state index in [9.17, 15) is 22.8 Å². The van der Waals surface area contributed by atoms with E-state index in [-0.39, 0.29) is 23.4 Å². The maximum Gasteiger partial charge on any atom is 0.490 e. The number of carboxylic acid groups (broad SMARTS) is 1. The molecule has 206 valence electrons. The van der Waals surface area contributed by atoms with Crippen molar-refractivity contribution in [3.8, 4) is 0 Å². The van der Waals surface area contributed by atoms with Gasteiger partial charge in [-0.2, -0.15) is 13.2 Å². The first kappa shape index (κ1) is 28.7. The number of carboxylic acids is 1. The second kappa shape index (κ2) is 12.1. The molecule has 0 bridgehead atoms. The Morgan fingerprint density at radius 1 is 1.16 bits per heavy atom. The molecule has 3 fully saturated rings. The van der Waals surface area contributed by atoms with Gasteiger partial charge in [-0.3, -0.25) is 9.69 Å². The van der Waals surface area contributed by atoms with E-state index < -0.39 is 12.1 Å². The molecule has 1 spiro atoms. The van der Waals surface area contributed by atoms with Gasteiger partial charge in [-0.25, -0.2) is 9.59 Å². The van der Waals surface area contributed by atoms with Crippen LogP contribution in [0.5, 0.6) is 0 Å². The first-order chi connectivity index (χ1) is 17.5. The van der Waals surface area contributed by atoms with Gasteiger partial charge in [-0.05, 0) is 24.8 Å². The number of rotatable bonds is 6. The zero-order valence-corrected chi connectivity index (χ0v) is 21.2. The van der Waals surface area contributed by atoms with Gasteiger partial charge in [-0.1, -0.05) is 30.3 Å². The second-order valence-electron chi connectivity index (χ2n) is 9.72. The van der Waals surface area contributed by atoms with Crippen LogP contribution in [0.15, 0.2) is 30.3 Å². The smallest absolute Gasteiger partial charge is 0.475 e. The maximum atomic E-state index is 12.9. The molecule has 37 heavy (non-hydrogen) atoms. The Bertz CT molecular complexity index is 938. The van der Waals surface area contributed by atoms with Crippen LogP contribution in [0.3, 0.4) is 0 Å². The predicted molar refractivity (Wildman–Crippen MR) is 129 cm³/mol. The van der Waals surface area contributed by atoms with Gasteiger partial charge in [-0.15, -0.1) is 0 Å². The summed E-state index contributed by atoms with van der Waals surface area (Å²) in [6.45, 7) is 5.42. The Hall–Kier alpha value is -2.86. The van der Waals surface area contributed by atoms with E-state index in [4.69, 9.17) is 14.6 Å². The summed E-state index contributed by atoms with van der Waals surface area (Å²) >= 11 is 0. The zero-order valence-electron chi connectivity index (χ0n) is 21.2. The number of hydrogen-bond acceptors (Lipinski definition) is 5. The topological polar surface area (TPSA) is 102 Å². The number of alkyl halides is 3. The van der Waals surface area contributed by atoms with Crippen LogP contribution in [0.1, 0.15) is 18.4 Å². The first-order valence-corrected chi connectivity index (χ1v) is 12.4. The first-order valence-electron chi connectivity index (χ1n) is 12.4. The Morgan fingerprint density at radius 2 is 1.78 bits per heavy atom. The SMILES string of the molecule is COCCN1C[C@@H]2C(=O)N(C)C3(CCN(C(=O)NCCc4ccccc4)CC3)[C@@H]2C1.O=C(O)C(F)(F)F. The van der Waals surface area contributed by atoms with E-state index >= 15 is 0 Å². The Kier molecular flexibility index (Phi) is 9.41. The fraction of sp³-hybridized carbons (Fsp3) is 0.640. The lowest BCUT2D eigenvalue weighted by molar-refractivity contribution is -0.192. The second-order valence-corrected chi connectivity index (χ2v) is 9.72. The van der Waals surface area contributed by atoms with Gasteiger partial charge in [0, 0.05) is 59.3 Å². The molecule has 0 saturated carbocycles. The molecule has 2 atom stereocenters. The van der Waals surface area contributed by atoms with Crippen LogP contribution in [0, 0.1) is 11.8 Å². The third kappa shape index (κ3) is 6.72. The molecule has 2 N–H and O–H groups in total. The van der Waals surface area contributed by atoms with Gasteiger partial charge in [0.1, 0.15) is 0 Å². The lowest BCUT2D eigenvalue weighted by Gasteiger charge is -2.46. The van der Waals surface area contributed by atoms with E-state index in [1.807, 2.05) is 35.0 Å². The van der Waals surface area contributed by atoms with Crippen LogP contribution >= 0.6 is 0 Å². The van der Waals surface area contributed by atoms with Gasteiger partial charge in [0.05, 0.1) is 18.1 Å². The summed E-state index contributed by atoms with van der Waals surface area (Å²) in [5.41, 5.74) is 1.12.